The average molecular weight is 277 g/mol. The lowest BCUT2D eigenvalue weighted by molar-refractivity contribution is 0.560. The molecule has 0 aliphatic carbocycles. The Labute approximate surface area is 112 Å². The van der Waals surface area contributed by atoms with Crippen molar-refractivity contribution in [3.63, 3.8) is 0 Å². The van der Waals surface area contributed by atoms with Crippen molar-refractivity contribution in [1.82, 2.24) is 0 Å². The van der Waals surface area contributed by atoms with Gasteiger partial charge in [-0.3, -0.25) is 0 Å². The Bertz CT molecular complexity index is 690. The Balaban J connectivity index is 2.46. The molecule has 4 nitrogen and oxygen atoms in total. The van der Waals surface area contributed by atoms with Crippen LogP contribution in [0.5, 0.6) is 0 Å². The van der Waals surface area contributed by atoms with E-state index in [4.69, 9.17) is 4.42 Å². The summed E-state index contributed by atoms with van der Waals surface area (Å²) in [6.07, 6.45) is 2.68. The highest BCUT2D eigenvalue weighted by atomic mass is 32.2. The van der Waals surface area contributed by atoms with Gasteiger partial charge in [0.1, 0.15) is 5.76 Å². The lowest BCUT2D eigenvalue weighted by Gasteiger charge is -2.08. The summed E-state index contributed by atoms with van der Waals surface area (Å²) >= 11 is 0. The van der Waals surface area contributed by atoms with E-state index in [1.165, 1.54) is 12.5 Å². The molecular weight excluding hydrogens is 262 g/mol. The summed E-state index contributed by atoms with van der Waals surface area (Å²) in [7, 11) is -3.71. The molecule has 0 amide bonds. The lowest BCUT2D eigenvalue weighted by Crippen LogP contribution is -2.03. The summed E-state index contributed by atoms with van der Waals surface area (Å²) in [6.45, 7) is 5.48. The van der Waals surface area contributed by atoms with Crippen LogP contribution in [0.15, 0.2) is 44.2 Å². The predicted molar refractivity (Wildman–Crippen MR) is 74.1 cm³/mol. The Morgan fingerprint density at radius 2 is 1.79 bits per heavy atom. The summed E-state index contributed by atoms with van der Waals surface area (Å²) in [5, 5.41) is 0. The first-order chi connectivity index (χ1) is 8.90. The third kappa shape index (κ3) is 2.93. The Hall–Kier alpha value is -1.88. The largest absolute Gasteiger partial charge is 0.463 e. The van der Waals surface area contributed by atoms with Crippen LogP contribution in [0, 0.1) is 20.8 Å². The van der Waals surface area contributed by atoms with Crippen LogP contribution in [-0.2, 0) is 10.0 Å². The Morgan fingerprint density at radius 1 is 1.16 bits per heavy atom. The summed E-state index contributed by atoms with van der Waals surface area (Å²) in [5.41, 5.74) is 2.44. The van der Waals surface area contributed by atoms with Crippen molar-refractivity contribution in [3.05, 3.63) is 53.0 Å². The van der Waals surface area contributed by atoms with E-state index in [0.29, 0.717) is 16.9 Å². The van der Waals surface area contributed by atoms with Gasteiger partial charge >= 0.3 is 0 Å². The molecule has 2 aromatic rings. The normalized spacial score (nSPS) is 12.2. The van der Waals surface area contributed by atoms with E-state index in [1.807, 2.05) is 19.1 Å². The zero-order chi connectivity index (χ0) is 14.0. The van der Waals surface area contributed by atoms with E-state index in [0.717, 1.165) is 5.56 Å². The highest BCUT2D eigenvalue weighted by molar-refractivity contribution is 7.90. The monoisotopic (exact) mass is 277 g/mol. The highest BCUT2D eigenvalue weighted by Gasteiger charge is 2.18. The van der Waals surface area contributed by atoms with Gasteiger partial charge in [0.25, 0.3) is 10.0 Å². The molecule has 19 heavy (non-hydrogen) atoms. The zero-order valence-corrected chi connectivity index (χ0v) is 11.9. The molecule has 1 aromatic heterocycles. The van der Waals surface area contributed by atoms with Crippen LogP contribution in [0.3, 0.4) is 0 Å². The van der Waals surface area contributed by atoms with Crippen molar-refractivity contribution < 1.29 is 12.8 Å². The molecular formula is C14H15NO3S. The van der Waals surface area contributed by atoms with Gasteiger partial charge in [-0.25, -0.2) is 0 Å². The molecule has 100 valence electrons. The number of hydrogen-bond acceptors (Lipinski definition) is 3. The predicted octanol–water partition coefficient (Wildman–Crippen LogP) is 3.01. The average Bonchev–Trinajstić information content (AvgIpc) is 2.77. The Kier molecular flexibility index (Phi) is 3.57. The summed E-state index contributed by atoms with van der Waals surface area (Å²) in [5.74, 6) is 0.408. The number of nitrogens with zero attached hydrogens (tertiary/aromatic N) is 1. The second-order valence-corrected chi connectivity index (χ2v) is 6.02. The van der Waals surface area contributed by atoms with Gasteiger partial charge in [0.2, 0.25) is 0 Å². The van der Waals surface area contributed by atoms with Gasteiger partial charge in [0.15, 0.2) is 0 Å². The molecule has 5 heteroatoms. The van der Waals surface area contributed by atoms with Crippen molar-refractivity contribution in [3.8, 4) is 0 Å². The molecule has 0 radical (unpaired) electrons. The van der Waals surface area contributed by atoms with Crippen molar-refractivity contribution in [1.29, 1.82) is 0 Å². The van der Waals surface area contributed by atoms with E-state index >= 15 is 0 Å². The first kappa shape index (κ1) is 13.5. The van der Waals surface area contributed by atoms with Crippen LogP contribution in [0.4, 0.5) is 0 Å². The molecule has 1 aromatic carbocycles. The van der Waals surface area contributed by atoms with Crippen molar-refractivity contribution in [2.24, 2.45) is 4.40 Å². The number of hydrogen-bond donors (Lipinski definition) is 0. The highest BCUT2D eigenvalue weighted by Crippen LogP contribution is 2.23. The molecule has 0 N–H and O–H groups in total. The van der Waals surface area contributed by atoms with Gasteiger partial charge in [0, 0.05) is 0 Å². The fourth-order valence-electron chi connectivity index (χ4n) is 2.11. The third-order valence-corrected chi connectivity index (χ3v) is 4.27. The maximum Gasteiger partial charge on any atom is 0.282 e. The second kappa shape index (κ2) is 5.01. The number of aryl methyl sites for hydroxylation is 3. The van der Waals surface area contributed by atoms with Crippen LogP contribution in [0.25, 0.3) is 0 Å². The van der Waals surface area contributed by atoms with Gasteiger partial charge in [-0.05, 0) is 44.0 Å². The van der Waals surface area contributed by atoms with Crippen LogP contribution in [-0.4, -0.2) is 14.6 Å². The lowest BCUT2D eigenvalue weighted by atomic mass is 10.1. The van der Waals surface area contributed by atoms with E-state index in [-0.39, 0.29) is 4.90 Å². The molecule has 0 aliphatic heterocycles. The summed E-state index contributed by atoms with van der Waals surface area (Å²) in [4.78, 5) is 0.265. The van der Waals surface area contributed by atoms with Crippen LogP contribution in [0.1, 0.15) is 22.5 Å². The zero-order valence-electron chi connectivity index (χ0n) is 11.0. The number of rotatable bonds is 3. The fourth-order valence-corrected chi connectivity index (χ4v) is 3.39. The molecule has 0 saturated heterocycles. The maximum atomic E-state index is 12.2. The van der Waals surface area contributed by atoms with E-state index in [1.54, 1.807) is 26.0 Å². The molecule has 0 atom stereocenters. The van der Waals surface area contributed by atoms with Crippen molar-refractivity contribution in [2.45, 2.75) is 25.7 Å². The van der Waals surface area contributed by atoms with Crippen LogP contribution in [0.2, 0.25) is 0 Å². The molecule has 0 fully saturated rings. The molecule has 0 bridgehead atoms. The quantitative estimate of drug-likeness (QED) is 0.810. The minimum absolute atomic E-state index is 0.265. The van der Waals surface area contributed by atoms with Gasteiger partial charge in [0.05, 0.1) is 17.4 Å². The van der Waals surface area contributed by atoms with Gasteiger partial charge < -0.3 is 4.42 Å². The maximum absolute atomic E-state index is 12.2. The SMILES string of the molecule is Cc1cc(C)c(S(=O)(=O)N=Cc2ccco2)c(C)c1. The topological polar surface area (TPSA) is 59.6 Å². The van der Waals surface area contributed by atoms with Crippen LogP contribution >= 0.6 is 0 Å². The summed E-state index contributed by atoms with van der Waals surface area (Å²) in [6, 6.07) is 6.99. The van der Waals surface area contributed by atoms with E-state index in [9.17, 15) is 8.42 Å². The first-order valence-electron chi connectivity index (χ1n) is 5.82. The van der Waals surface area contributed by atoms with Gasteiger partial charge in [-0.15, -0.1) is 0 Å². The van der Waals surface area contributed by atoms with E-state index in [2.05, 4.69) is 4.40 Å². The molecule has 0 unspecified atom stereocenters. The number of benzene rings is 1. The van der Waals surface area contributed by atoms with Crippen molar-refractivity contribution >= 4 is 16.2 Å². The first-order valence-corrected chi connectivity index (χ1v) is 7.26. The van der Waals surface area contributed by atoms with E-state index < -0.39 is 10.0 Å². The van der Waals surface area contributed by atoms with Gasteiger partial charge in [-0.2, -0.15) is 12.8 Å². The number of furan rings is 1. The third-order valence-electron chi connectivity index (χ3n) is 2.72. The number of sulfonamides is 1. The molecule has 0 saturated carbocycles. The van der Waals surface area contributed by atoms with Crippen molar-refractivity contribution in [2.75, 3.05) is 0 Å². The molecule has 0 aliphatic rings. The van der Waals surface area contributed by atoms with Crippen LogP contribution < -0.4 is 0 Å². The fraction of sp³-hybridized carbons (Fsp3) is 0.214. The smallest absolute Gasteiger partial charge is 0.282 e. The minimum Gasteiger partial charge on any atom is -0.463 e. The molecule has 1 heterocycles. The standard InChI is InChI=1S/C14H15NO3S/c1-10-7-11(2)14(12(3)8-10)19(16,17)15-9-13-5-4-6-18-13/h4-9H,1-3H3. The molecule has 2 rings (SSSR count). The second-order valence-electron chi connectivity index (χ2n) is 4.45. The minimum atomic E-state index is -3.71. The van der Waals surface area contributed by atoms with Gasteiger partial charge in [-0.1, -0.05) is 17.7 Å². The Morgan fingerprint density at radius 3 is 2.32 bits per heavy atom. The molecule has 0 spiro atoms. The summed E-state index contributed by atoms with van der Waals surface area (Å²) < 4.78 is 33.2.